The number of piperidine rings is 1. The quantitative estimate of drug-likeness (QED) is 0.883. The van der Waals surface area contributed by atoms with Gasteiger partial charge in [-0.2, -0.15) is 0 Å². The predicted octanol–water partition coefficient (Wildman–Crippen LogP) is 3.53. The lowest BCUT2D eigenvalue weighted by molar-refractivity contribution is -0.128. The summed E-state index contributed by atoms with van der Waals surface area (Å²) in [4.78, 5) is 12.4. The minimum atomic E-state index is -0.561. The summed E-state index contributed by atoms with van der Waals surface area (Å²) in [5.41, 5.74) is -0.00645. The van der Waals surface area contributed by atoms with Gasteiger partial charge in [0.05, 0.1) is 0 Å². The van der Waals surface area contributed by atoms with E-state index in [9.17, 15) is 4.79 Å². The summed E-state index contributed by atoms with van der Waals surface area (Å²) in [7, 11) is 0. The third kappa shape index (κ3) is 5.40. The summed E-state index contributed by atoms with van der Waals surface area (Å²) in [5.74, 6) is 0.509. The Bertz CT molecular complexity index is 556. The van der Waals surface area contributed by atoms with Crippen LogP contribution in [-0.2, 0) is 4.79 Å². The predicted molar refractivity (Wildman–Crippen MR) is 94.0 cm³/mol. The van der Waals surface area contributed by atoms with Gasteiger partial charge in [-0.3, -0.25) is 4.79 Å². The van der Waals surface area contributed by atoms with Crippen molar-refractivity contribution in [3.8, 4) is 5.75 Å². The third-order valence-electron chi connectivity index (χ3n) is 4.01. The molecular weight excluding hydrogens is 312 g/mol. The minimum absolute atomic E-state index is 0.00323. The maximum absolute atomic E-state index is 12.4. The van der Waals surface area contributed by atoms with Crippen LogP contribution in [0.1, 0.15) is 47.5 Å². The van der Waals surface area contributed by atoms with Gasteiger partial charge in [-0.1, -0.05) is 17.7 Å². The van der Waals surface area contributed by atoms with Gasteiger partial charge in [0.1, 0.15) is 5.75 Å². The first kappa shape index (κ1) is 18.1. The SMILES string of the molecule is C[C@H](Oc1cccc(Cl)c1)C(=O)NC1CC(C)(C)NC(C)(C)C1. The standard InChI is InChI=1S/C18H27ClN2O2/c1-12(23-15-8-6-7-13(19)9-15)16(22)20-14-10-17(2,3)21-18(4,5)11-14/h6-9,12,14,21H,10-11H2,1-5H3,(H,20,22)/t12-/m0/s1. The van der Waals surface area contributed by atoms with Crippen LogP contribution in [0.3, 0.4) is 0 Å². The second-order valence-electron chi connectivity index (χ2n) is 7.72. The highest BCUT2D eigenvalue weighted by Crippen LogP contribution is 2.28. The van der Waals surface area contributed by atoms with Gasteiger partial charge in [0.15, 0.2) is 6.10 Å². The molecule has 1 aliphatic rings. The molecule has 23 heavy (non-hydrogen) atoms. The Balaban J connectivity index is 1.95. The first-order chi connectivity index (χ1) is 10.6. The van der Waals surface area contributed by atoms with Crippen LogP contribution in [0.25, 0.3) is 0 Å². The van der Waals surface area contributed by atoms with E-state index < -0.39 is 6.10 Å². The van der Waals surface area contributed by atoms with Crippen molar-refractivity contribution >= 4 is 17.5 Å². The molecule has 1 saturated heterocycles. The molecule has 1 fully saturated rings. The molecule has 5 heteroatoms. The number of nitrogens with one attached hydrogen (secondary N) is 2. The maximum atomic E-state index is 12.4. The Morgan fingerprint density at radius 3 is 2.48 bits per heavy atom. The van der Waals surface area contributed by atoms with E-state index in [0.717, 1.165) is 12.8 Å². The molecule has 0 unspecified atom stereocenters. The molecule has 128 valence electrons. The number of carbonyl (C=O) groups excluding carboxylic acids is 1. The second kappa shape index (κ2) is 6.70. The molecule has 0 saturated carbocycles. The lowest BCUT2D eigenvalue weighted by Crippen LogP contribution is -2.62. The number of hydrogen-bond acceptors (Lipinski definition) is 3. The molecule has 2 N–H and O–H groups in total. The van der Waals surface area contributed by atoms with E-state index in [-0.39, 0.29) is 23.0 Å². The molecule has 1 heterocycles. The zero-order chi connectivity index (χ0) is 17.3. The summed E-state index contributed by atoms with van der Waals surface area (Å²) in [6.45, 7) is 10.4. The average molecular weight is 339 g/mol. The van der Waals surface area contributed by atoms with E-state index in [0.29, 0.717) is 10.8 Å². The first-order valence-corrected chi connectivity index (χ1v) is 8.46. The summed E-state index contributed by atoms with van der Waals surface area (Å²) >= 11 is 5.94. The van der Waals surface area contributed by atoms with Crippen molar-refractivity contribution in [2.24, 2.45) is 0 Å². The first-order valence-electron chi connectivity index (χ1n) is 8.08. The molecular formula is C18H27ClN2O2. The van der Waals surface area contributed by atoms with Crippen LogP contribution in [-0.4, -0.2) is 29.1 Å². The van der Waals surface area contributed by atoms with Gasteiger partial charge in [-0.25, -0.2) is 0 Å². The second-order valence-corrected chi connectivity index (χ2v) is 8.16. The molecule has 1 aliphatic heterocycles. The summed E-state index contributed by atoms with van der Waals surface area (Å²) in [6.07, 6.45) is 1.23. The van der Waals surface area contributed by atoms with Crippen LogP contribution < -0.4 is 15.4 Å². The van der Waals surface area contributed by atoms with Gasteiger partial charge in [0, 0.05) is 22.1 Å². The highest BCUT2D eigenvalue weighted by atomic mass is 35.5. The number of carbonyl (C=O) groups is 1. The summed E-state index contributed by atoms with van der Waals surface area (Å²) in [6, 6.07) is 7.23. The Kier molecular flexibility index (Phi) is 5.27. The minimum Gasteiger partial charge on any atom is -0.481 e. The Morgan fingerprint density at radius 1 is 1.30 bits per heavy atom. The Hall–Kier alpha value is -1.26. The number of benzene rings is 1. The lowest BCUT2D eigenvalue weighted by atomic mass is 9.79. The van der Waals surface area contributed by atoms with E-state index in [1.54, 1.807) is 31.2 Å². The zero-order valence-electron chi connectivity index (χ0n) is 14.6. The molecule has 0 radical (unpaired) electrons. The maximum Gasteiger partial charge on any atom is 0.260 e. The zero-order valence-corrected chi connectivity index (χ0v) is 15.3. The number of rotatable bonds is 4. The Labute approximate surface area is 143 Å². The van der Waals surface area contributed by atoms with Crippen molar-refractivity contribution in [2.45, 2.75) is 70.7 Å². The molecule has 0 spiro atoms. The summed E-state index contributed by atoms with van der Waals surface area (Å²) < 4.78 is 5.69. The molecule has 4 nitrogen and oxygen atoms in total. The highest BCUT2D eigenvalue weighted by molar-refractivity contribution is 6.30. The van der Waals surface area contributed by atoms with E-state index in [1.165, 1.54) is 0 Å². The molecule has 1 aromatic carbocycles. The van der Waals surface area contributed by atoms with E-state index in [4.69, 9.17) is 16.3 Å². The number of amides is 1. The summed E-state index contributed by atoms with van der Waals surface area (Å²) in [5, 5.41) is 7.34. The van der Waals surface area contributed by atoms with Crippen molar-refractivity contribution in [3.63, 3.8) is 0 Å². The average Bonchev–Trinajstić information content (AvgIpc) is 2.34. The molecule has 1 atom stereocenters. The number of halogens is 1. The van der Waals surface area contributed by atoms with Gasteiger partial charge in [0.2, 0.25) is 0 Å². The van der Waals surface area contributed by atoms with Crippen molar-refractivity contribution in [3.05, 3.63) is 29.3 Å². The lowest BCUT2D eigenvalue weighted by Gasteiger charge is -2.46. The van der Waals surface area contributed by atoms with Crippen LogP contribution in [0, 0.1) is 0 Å². The van der Waals surface area contributed by atoms with Crippen molar-refractivity contribution < 1.29 is 9.53 Å². The normalized spacial score (nSPS) is 21.5. The van der Waals surface area contributed by atoms with Gasteiger partial charge in [-0.15, -0.1) is 0 Å². The van der Waals surface area contributed by atoms with E-state index >= 15 is 0 Å². The van der Waals surface area contributed by atoms with Crippen LogP contribution in [0.4, 0.5) is 0 Å². The van der Waals surface area contributed by atoms with Crippen molar-refractivity contribution in [1.29, 1.82) is 0 Å². The van der Waals surface area contributed by atoms with Gasteiger partial charge >= 0.3 is 0 Å². The van der Waals surface area contributed by atoms with E-state index in [2.05, 4.69) is 38.3 Å². The molecule has 0 bridgehead atoms. The monoisotopic (exact) mass is 338 g/mol. The fourth-order valence-corrected chi connectivity index (χ4v) is 3.72. The fraction of sp³-hybridized carbons (Fsp3) is 0.611. The number of hydrogen-bond donors (Lipinski definition) is 2. The molecule has 0 aliphatic carbocycles. The van der Waals surface area contributed by atoms with Crippen LogP contribution in [0.15, 0.2) is 24.3 Å². The molecule has 1 aromatic rings. The van der Waals surface area contributed by atoms with Crippen molar-refractivity contribution in [1.82, 2.24) is 10.6 Å². The van der Waals surface area contributed by atoms with Crippen LogP contribution in [0.5, 0.6) is 5.75 Å². The van der Waals surface area contributed by atoms with Crippen LogP contribution in [0.2, 0.25) is 5.02 Å². The largest absolute Gasteiger partial charge is 0.481 e. The van der Waals surface area contributed by atoms with Gasteiger partial charge in [0.25, 0.3) is 5.91 Å². The number of ether oxygens (including phenoxy) is 1. The van der Waals surface area contributed by atoms with Gasteiger partial charge < -0.3 is 15.4 Å². The third-order valence-corrected chi connectivity index (χ3v) is 4.25. The highest BCUT2D eigenvalue weighted by Gasteiger charge is 2.38. The molecule has 2 rings (SSSR count). The smallest absolute Gasteiger partial charge is 0.260 e. The molecule has 0 aromatic heterocycles. The van der Waals surface area contributed by atoms with Crippen molar-refractivity contribution in [2.75, 3.05) is 0 Å². The topological polar surface area (TPSA) is 50.4 Å². The Morgan fingerprint density at radius 2 is 1.91 bits per heavy atom. The molecule has 1 amide bonds. The fourth-order valence-electron chi connectivity index (χ4n) is 3.54. The van der Waals surface area contributed by atoms with Gasteiger partial charge in [-0.05, 0) is 65.7 Å². The van der Waals surface area contributed by atoms with Crippen LogP contribution >= 0.6 is 11.6 Å². The van der Waals surface area contributed by atoms with E-state index in [1.807, 2.05) is 0 Å².